The first kappa shape index (κ1) is 21.5. The number of rotatable bonds is 5. The second kappa shape index (κ2) is 9.63. The standard InChI is InChI=1S/C26H36N4O2/c31-25(9-8-20-6-2-3-7-20)28-15-10-21(11-16-28)22-12-17-30-24(18-22)23(19-27-30)26(32)29-13-4-1-5-14-29/h12,17-21H,1-11,13-16H2. The number of nitrogens with zero attached hydrogens (tertiary/aromatic N) is 4. The average molecular weight is 437 g/mol. The van der Waals surface area contributed by atoms with Crippen LogP contribution in [0.3, 0.4) is 0 Å². The molecule has 6 nitrogen and oxygen atoms in total. The molecule has 2 amide bonds. The van der Waals surface area contributed by atoms with Crippen molar-refractivity contribution < 1.29 is 9.59 Å². The molecule has 0 spiro atoms. The SMILES string of the molecule is O=C(CCC1CCCC1)N1CCC(c2ccn3ncc(C(=O)N4CCCCC4)c3c2)CC1. The van der Waals surface area contributed by atoms with Crippen LogP contribution < -0.4 is 0 Å². The van der Waals surface area contributed by atoms with E-state index in [1.807, 2.05) is 15.6 Å². The summed E-state index contributed by atoms with van der Waals surface area (Å²) in [4.78, 5) is 29.8. The van der Waals surface area contributed by atoms with Crippen LogP contribution in [0, 0.1) is 5.92 Å². The Morgan fingerprint density at radius 1 is 0.906 bits per heavy atom. The topological polar surface area (TPSA) is 57.9 Å². The maximum Gasteiger partial charge on any atom is 0.257 e. The third-order valence-electron chi connectivity index (χ3n) is 7.98. The van der Waals surface area contributed by atoms with Crippen molar-refractivity contribution in [3.63, 3.8) is 0 Å². The number of hydrogen-bond donors (Lipinski definition) is 0. The number of pyridine rings is 1. The molecular weight excluding hydrogens is 400 g/mol. The van der Waals surface area contributed by atoms with Crippen LogP contribution in [0.2, 0.25) is 0 Å². The number of fused-ring (bicyclic) bond motifs is 1. The van der Waals surface area contributed by atoms with Crippen LogP contribution in [-0.4, -0.2) is 57.4 Å². The maximum atomic E-state index is 13.1. The fourth-order valence-electron chi connectivity index (χ4n) is 5.93. The Morgan fingerprint density at radius 2 is 1.66 bits per heavy atom. The molecule has 2 saturated heterocycles. The lowest BCUT2D eigenvalue weighted by molar-refractivity contribution is -0.132. The number of carbonyl (C=O) groups excluding carboxylic acids is 2. The van der Waals surface area contributed by atoms with E-state index in [0.717, 1.165) is 76.1 Å². The Morgan fingerprint density at radius 3 is 2.41 bits per heavy atom. The van der Waals surface area contributed by atoms with E-state index in [2.05, 4.69) is 22.1 Å². The Labute approximate surface area is 190 Å². The molecule has 172 valence electrons. The molecule has 4 heterocycles. The molecule has 0 N–H and O–H groups in total. The van der Waals surface area contributed by atoms with Crippen molar-refractivity contribution >= 4 is 17.3 Å². The van der Waals surface area contributed by atoms with E-state index in [9.17, 15) is 9.59 Å². The van der Waals surface area contributed by atoms with E-state index in [0.29, 0.717) is 17.4 Å². The predicted molar refractivity (Wildman–Crippen MR) is 125 cm³/mol. The zero-order valence-corrected chi connectivity index (χ0v) is 19.2. The van der Waals surface area contributed by atoms with Crippen LogP contribution in [0.15, 0.2) is 24.5 Å². The van der Waals surface area contributed by atoms with Crippen LogP contribution in [-0.2, 0) is 4.79 Å². The largest absolute Gasteiger partial charge is 0.343 e. The van der Waals surface area contributed by atoms with Crippen molar-refractivity contribution in [3.8, 4) is 0 Å². The molecule has 1 saturated carbocycles. The van der Waals surface area contributed by atoms with Crippen LogP contribution in [0.1, 0.15) is 92.5 Å². The first-order valence-electron chi connectivity index (χ1n) is 12.7. The van der Waals surface area contributed by atoms with Gasteiger partial charge in [-0.15, -0.1) is 0 Å². The second-order valence-corrected chi connectivity index (χ2v) is 10.0. The molecule has 2 aliphatic heterocycles. The summed E-state index contributed by atoms with van der Waals surface area (Å²) in [5, 5.41) is 4.43. The molecule has 3 fully saturated rings. The van der Waals surface area contributed by atoms with Gasteiger partial charge in [0.2, 0.25) is 5.91 Å². The molecule has 0 atom stereocenters. The zero-order valence-electron chi connectivity index (χ0n) is 19.2. The van der Waals surface area contributed by atoms with Gasteiger partial charge in [0.05, 0.1) is 17.3 Å². The van der Waals surface area contributed by atoms with Gasteiger partial charge in [-0.25, -0.2) is 4.52 Å². The Kier molecular flexibility index (Phi) is 6.47. The molecule has 6 heteroatoms. The van der Waals surface area contributed by atoms with Crippen LogP contribution in [0.4, 0.5) is 0 Å². The summed E-state index contributed by atoms with van der Waals surface area (Å²) in [5.74, 6) is 1.67. The molecule has 2 aromatic rings. The lowest BCUT2D eigenvalue weighted by atomic mass is 9.89. The molecule has 1 aliphatic carbocycles. The van der Waals surface area contributed by atoms with Gasteiger partial charge in [0.1, 0.15) is 0 Å². The molecular formula is C26H36N4O2. The van der Waals surface area contributed by atoms with Gasteiger partial charge in [0.15, 0.2) is 0 Å². The Balaban J connectivity index is 1.21. The Hall–Kier alpha value is -2.37. The summed E-state index contributed by atoms with van der Waals surface area (Å²) in [5.41, 5.74) is 2.89. The summed E-state index contributed by atoms with van der Waals surface area (Å²) in [6, 6.07) is 4.30. The minimum Gasteiger partial charge on any atom is -0.343 e. The van der Waals surface area contributed by atoms with Gasteiger partial charge in [-0.3, -0.25) is 9.59 Å². The van der Waals surface area contributed by atoms with E-state index in [1.54, 1.807) is 6.20 Å². The van der Waals surface area contributed by atoms with Gasteiger partial charge < -0.3 is 9.80 Å². The Bertz CT molecular complexity index is 948. The molecule has 0 aromatic carbocycles. The van der Waals surface area contributed by atoms with Crippen molar-refractivity contribution in [1.29, 1.82) is 0 Å². The third kappa shape index (κ3) is 4.55. The molecule has 3 aliphatic rings. The van der Waals surface area contributed by atoms with E-state index in [1.165, 1.54) is 37.7 Å². The number of carbonyl (C=O) groups is 2. The highest BCUT2D eigenvalue weighted by Crippen LogP contribution is 2.32. The molecule has 0 unspecified atom stereocenters. The summed E-state index contributed by atoms with van der Waals surface area (Å²) in [6.45, 7) is 3.39. The van der Waals surface area contributed by atoms with Crippen molar-refractivity contribution in [3.05, 3.63) is 35.7 Å². The van der Waals surface area contributed by atoms with Crippen LogP contribution in [0.5, 0.6) is 0 Å². The summed E-state index contributed by atoms with van der Waals surface area (Å²) < 4.78 is 1.82. The fraction of sp³-hybridized carbons (Fsp3) is 0.654. The highest BCUT2D eigenvalue weighted by Gasteiger charge is 2.26. The monoisotopic (exact) mass is 436 g/mol. The molecule has 0 radical (unpaired) electrons. The van der Waals surface area contributed by atoms with Crippen molar-refractivity contribution in [2.45, 2.75) is 76.5 Å². The lowest BCUT2D eigenvalue weighted by Crippen LogP contribution is -2.38. The lowest BCUT2D eigenvalue weighted by Gasteiger charge is -2.32. The summed E-state index contributed by atoms with van der Waals surface area (Å²) >= 11 is 0. The maximum absolute atomic E-state index is 13.1. The average Bonchev–Trinajstić information content (AvgIpc) is 3.52. The summed E-state index contributed by atoms with van der Waals surface area (Å²) in [7, 11) is 0. The number of aromatic nitrogens is 2. The first-order chi connectivity index (χ1) is 15.7. The molecule has 2 aromatic heterocycles. The van der Waals surface area contributed by atoms with Crippen molar-refractivity contribution in [2.75, 3.05) is 26.2 Å². The predicted octanol–water partition coefficient (Wildman–Crippen LogP) is 4.64. The minimum absolute atomic E-state index is 0.111. The normalized spacial score (nSPS) is 20.9. The molecule has 32 heavy (non-hydrogen) atoms. The van der Waals surface area contributed by atoms with Gasteiger partial charge in [-0.1, -0.05) is 25.7 Å². The van der Waals surface area contributed by atoms with E-state index < -0.39 is 0 Å². The van der Waals surface area contributed by atoms with Gasteiger partial charge in [0.25, 0.3) is 5.91 Å². The second-order valence-electron chi connectivity index (χ2n) is 10.0. The quantitative estimate of drug-likeness (QED) is 0.686. The number of piperidine rings is 2. The van der Waals surface area contributed by atoms with E-state index in [4.69, 9.17) is 0 Å². The first-order valence-corrected chi connectivity index (χ1v) is 12.7. The van der Waals surface area contributed by atoms with Crippen LogP contribution >= 0.6 is 0 Å². The summed E-state index contributed by atoms with van der Waals surface area (Å²) in [6.07, 6.45) is 16.2. The molecule has 5 rings (SSSR count). The highest BCUT2D eigenvalue weighted by atomic mass is 16.2. The van der Waals surface area contributed by atoms with Gasteiger partial charge in [-0.2, -0.15) is 5.10 Å². The van der Waals surface area contributed by atoms with E-state index in [-0.39, 0.29) is 5.91 Å². The number of hydrogen-bond acceptors (Lipinski definition) is 3. The fourth-order valence-corrected chi connectivity index (χ4v) is 5.93. The minimum atomic E-state index is 0.111. The smallest absolute Gasteiger partial charge is 0.257 e. The zero-order chi connectivity index (χ0) is 21.9. The number of amides is 2. The molecule has 0 bridgehead atoms. The van der Waals surface area contributed by atoms with Crippen molar-refractivity contribution in [2.24, 2.45) is 5.92 Å². The third-order valence-corrected chi connectivity index (χ3v) is 7.98. The van der Waals surface area contributed by atoms with Crippen LogP contribution in [0.25, 0.3) is 5.52 Å². The van der Waals surface area contributed by atoms with Gasteiger partial charge in [-0.05, 0) is 68.1 Å². The van der Waals surface area contributed by atoms with Gasteiger partial charge in [0, 0.05) is 38.8 Å². The van der Waals surface area contributed by atoms with Gasteiger partial charge >= 0.3 is 0 Å². The van der Waals surface area contributed by atoms with Crippen molar-refractivity contribution in [1.82, 2.24) is 19.4 Å². The highest BCUT2D eigenvalue weighted by molar-refractivity contribution is 6.00. The number of likely N-dealkylation sites (tertiary alicyclic amines) is 2. The van der Waals surface area contributed by atoms with E-state index >= 15 is 0 Å².